The lowest BCUT2D eigenvalue weighted by molar-refractivity contribution is -0.123. The number of carbonyl (C=O) groups is 1. The Bertz CT molecular complexity index is 783. The van der Waals surface area contributed by atoms with Crippen molar-refractivity contribution in [3.8, 4) is 16.4 Å². The van der Waals surface area contributed by atoms with Crippen LogP contribution in [0.4, 0.5) is 4.39 Å². The van der Waals surface area contributed by atoms with E-state index in [2.05, 4.69) is 5.32 Å². The summed E-state index contributed by atoms with van der Waals surface area (Å²) in [5.74, 6) is 0.634. The summed E-state index contributed by atoms with van der Waals surface area (Å²) in [6, 6.07) is 13.6. The summed E-state index contributed by atoms with van der Waals surface area (Å²) < 4.78 is 24.1. The maximum atomic E-state index is 13.4. The van der Waals surface area contributed by atoms with Crippen LogP contribution in [0.25, 0.3) is 10.6 Å². The first-order chi connectivity index (χ1) is 11.2. The highest BCUT2D eigenvalue weighted by Gasteiger charge is 2.09. The zero-order valence-corrected chi connectivity index (χ0v) is 12.9. The number of ether oxygens (including phenoxy) is 1. The van der Waals surface area contributed by atoms with E-state index in [1.165, 1.54) is 12.1 Å². The maximum Gasteiger partial charge on any atom is 0.258 e. The van der Waals surface area contributed by atoms with Crippen LogP contribution in [0.2, 0.25) is 0 Å². The molecule has 0 spiro atoms. The van der Waals surface area contributed by atoms with Crippen LogP contribution < -0.4 is 10.1 Å². The fourth-order valence-corrected chi connectivity index (χ4v) is 2.65. The minimum Gasteiger partial charge on any atom is -0.481 e. The average Bonchev–Trinajstić information content (AvgIpc) is 3.23. The molecule has 3 rings (SSSR count). The monoisotopic (exact) mass is 331 g/mol. The third-order valence-corrected chi connectivity index (χ3v) is 3.97. The highest BCUT2D eigenvalue weighted by molar-refractivity contribution is 7.13. The van der Waals surface area contributed by atoms with Crippen molar-refractivity contribution in [1.29, 1.82) is 0 Å². The Labute approximate surface area is 136 Å². The molecular formula is C17H14FNO3S. The molecule has 3 aromatic rings. The molecule has 1 amide bonds. The minimum atomic E-state index is -0.494. The second-order valence-corrected chi connectivity index (χ2v) is 5.69. The van der Waals surface area contributed by atoms with Crippen LogP contribution in [0, 0.1) is 5.82 Å². The first-order valence-corrected chi connectivity index (χ1v) is 7.87. The van der Waals surface area contributed by atoms with E-state index in [1.807, 2.05) is 29.6 Å². The molecule has 2 aromatic heterocycles. The summed E-state index contributed by atoms with van der Waals surface area (Å²) in [5.41, 5.74) is 0. The van der Waals surface area contributed by atoms with Crippen LogP contribution in [-0.2, 0) is 11.3 Å². The van der Waals surface area contributed by atoms with Crippen LogP contribution >= 0.6 is 11.3 Å². The molecule has 1 N–H and O–H groups in total. The van der Waals surface area contributed by atoms with E-state index < -0.39 is 5.82 Å². The number of halogens is 1. The number of para-hydroxylation sites is 1. The summed E-state index contributed by atoms with van der Waals surface area (Å²) in [4.78, 5) is 12.8. The van der Waals surface area contributed by atoms with Crippen LogP contribution in [0.15, 0.2) is 58.3 Å². The molecule has 0 aliphatic heterocycles. The van der Waals surface area contributed by atoms with Gasteiger partial charge in [0, 0.05) is 0 Å². The van der Waals surface area contributed by atoms with E-state index in [9.17, 15) is 9.18 Å². The molecule has 4 nitrogen and oxygen atoms in total. The number of hydrogen-bond donors (Lipinski definition) is 1. The lowest BCUT2D eigenvalue weighted by Gasteiger charge is -2.07. The molecule has 0 saturated heterocycles. The van der Waals surface area contributed by atoms with E-state index in [0.29, 0.717) is 5.76 Å². The molecule has 0 unspecified atom stereocenters. The predicted molar refractivity (Wildman–Crippen MR) is 85.8 cm³/mol. The van der Waals surface area contributed by atoms with Crippen molar-refractivity contribution in [3.05, 3.63) is 65.5 Å². The van der Waals surface area contributed by atoms with Crippen molar-refractivity contribution < 1.29 is 18.3 Å². The summed E-state index contributed by atoms with van der Waals surface area (Å²) >= 11 is 1.58. The number of furan rings is 1. The molecule has 6 heteroatoms. The van der Waals surface area contributed by atoms with E-state index in [-0.39, 0.29) is 24.8 Å². The molecular weight excluding hydrogens is 317 g/mol. The third kappa shape index (κ3) is 3.98. The smallest absolute Gasteiger partial charge is 0.258 e. The number of carbonyl (C=O) groups excluding carboxylic acids is 1. The lowest BCUT2D eigenvalue weighted by atomic mass is 10.3. The van der Waals surface area contributed by atoms with Gasteiger partial charge in [0.25, 0.3) is 5.91 Å². The molecule has 0 aliphatic rings. The summed E-state index contributed by atoms with van der Waals surface area (Å²) in [6.45, 7) is 0.00423. The number of benzene rings is 1. The topological polar surface area (TPSA) is 51.5 Å². The molecule has 0 saturated carbocycles. The standard InChI is InChI=1S/C17H14FNO3S/c18-13-4-1-2-5-14(13)21-11-17(20)19-10-12-7-8-15(22-12)16-6-3-9-23-16/h1-9H,10-11H2,(H,19,20). The van der Waals surface area contributed by atoms with Crippen LogP contribution in [-0.4, -0.2) is 12.5 Å². The summed E-state index contributed by atoms with van der Waals surface area (Å²) in [5, 5.41) is 4.64. The Morgan fingerprint density at radius 3 is 2.83 bits per heavy atom. The van der Waals surface area contributed by atoms with Crippen molar-refractivity contribution in [2.45, 2.75) is 6.54 Å². The molecule has 0 bridgehead atoms. The molecule has 0 aliphatic carbocycles. The third-order valence-electron chi connectivity index (χ3n) is 3.08. The Hall–Kier alpha value is -2.60. The molecule has 118 valence electrons. The van der Waals surface area contributed by atoms with Gasteiger partial charge in [-0.3, -0.25) is 4.79 Å². The zero-order valence-electron chi connectivity index (χ0n) is 12.1. The fourth-order valence-electron chi connectivity index (χ4n) is 1.97. The normalized spacial score (nSPS) is 10.5. The minimum absolute atomic E-state index is 0.0561. The van der Waals surface area contributed by atoms with Crippen molar-refractivity contribution in [3.63, 3.8) is 0 Å². The first kappa shape index (κ1) is 15.3. The second-order valence-electron chi connectivity index (χ2n) is 4.74. The highest BCUT2D eigenvalue weighted by Crippen LogP contribution is 2.26. The van der Waals surface area contributed by atoms with Gasteiger partial charge in [-0.05, 0) is 35.7 Å². The van der Waals surface area contributed by atoms with E-state index in [4.69, 9.17) is 9.15 Å². The molecule has 0 radical (unpaired) electrons. The average molecular weight is 331 g/mol. The molecule has 2 heterocycles. The Morgan fingerprint density at radius 1 is 1.17 bits per heavy atom. The highest BCUT2D eigenvalue weighted by atomic mass is 32.1. The maximum absolute atomic E-state index is 13.4. The Morgan fingerprint density at radius 2 is 2.04 bits per heavy atom. The lowest BCUT2D eigenvalue weighted by Crippen LogP contribution is -2.28. The van der Waals surface area contributed by atoms with Crippen molar-refractivity contribution in [2.24, 2.45) is 0 Å². The number of nitrogens with one attached hydrogen (secondary N) is 1. The van der Waals surface area contributed by atoms with Crippen molar-refractivity contribution >= 4 is 17.2 Å². The van der Waals surface area contributed by atoms with Gasteiger partial charge in [0.2, 0.25) is 0 Å². The van der Waals surface area contributed by atoms with Crippen molar-refractivity contribution in [1.82, 2.24) is 5.32 Å². The fraction of sp³-hybridized carbons (Fsp3) is 0.118. The van der Waals surface area contributed by atoms with Crippen molar-refractivity contribution in [2.75, 3.05) is 6.61 Å². The van der Waals surface area contributed by atoms with Gasteiger partial charge in [-0.25, -0.2) is 4.39 Å². The van der Waals surface area contributed by atoms with E-state index >= 15 is 0 Å². The van der Waals surface area contributed by atoms with Gasteiger partial charge < -0.3 is 14.5 Å². The largest absolute Gasteiger partial charge is 0.481 e. The van der Waals surface area contributed by atoms with Gasteiger partial charge in [-0.15, -0.1) is 11.3 Å². The molecule has 0 fully saturated rings. The molecule has 23 heavy (non-hydrogen) atoms. The van der Waals surface area contributed by atoms with Gasteiger partial charge in [0.15, 0.2) is 18.2 Å². The van der Waals surface area contributed by atoms with Crippen LogP contribution in [0.1, 0.15) is 5.76 Å². The van der Waals surface area contributed by atoms with Gasteiger partial charge in [-0.2, -0.15) is 0 Å². The van der Waals surface area contributed by atoms with Crippen LogP contribution in [0.5, 0.6) is 5.75 Å². The quantitative estimate of drug-likeness (QED) is 0.746. The van der Waals surface area contributed by atoms with Gasteiger partial charge >= 0.3 is 0 Å². The Balaban J connectivity index is 1.49. The second kappa shape index (κ2) is 7.11. The van der Waals surface area contributed by atoms with Gasteiger partial charge in [-0.1, -0.05) is 18.2 Å². The van der Waals surface area contributed by atoms with E-state index in [1.54, 1.807) is 23.5 Å². The molecule has 0 atom stereocenters. The predicted octanol–water partition coefficient (Wildman–Crippen LogP) is 3.84. The summed E-state index contributed by atoms with van der Waals surface area (Å²) in [6.07, 6.45) is 0. The SMILES string of the molecule is O=C(COc1ccccc1F)NCc1ccc(-c2cccs2)o1. The number of amides is 1. The number of thiophene rings is 1. The summed E-state index contributed by atoms with van der Waals surface area (Å²) in [7, 11) is 0. The van der Waals surface area contributed by atoms with Crippen LogP contribution in [0.3, 0.4) is 0 Å². The molecule has 1 aromatic carbocycles. The zero-order chi connectivity index (χ0) is 16.1. The number of rotatable bonds is 6. The van der Waals surface area contributed by atoms with Gasteiger partial charge in [0.05, 0.1) is 11.4 Å². The van der Waals surface area contributed by atoms with E-state index in [0.717, 1.165) is 10.6 Å². The Kier molecular flexibility index (Phi) is 4.73. The first-order valence-electron chi connectivity index (χ1n) is 6.99. The van der Waals surface area contributed by atoms with Gasteiger partial charge in [0.1, 0.15) is 11.5 Å². The number of hydrogen-bond acceptors (Lipinski definition) is 4.